The number of carbonyl (C=O) groups is 1. The Kier molecular flexibility index (Phi) is 2.21. The summed E-state index contributed by atoms with van der Waals surface area (Å²) in [6.07, 6.45) is 0. The Balaban J connectivity index is 2.26. The van der Waals surface area contributed by atoms with Crippen molar-refractivity contribution in [3.05, 3.63) is 23.8 Å². The summed E-state index contributed by atoms with van der Waals surface area (Å²) in [6, 6.07) is 5.65. The van der Waals surface area contributed by atoms with Gasteiger partial charge in [0.1, 0.15) is 5.75 Å². The molecule has 2 aliphatic rings. The van der Waals surface area contributed by atoms with Gasteiger partial charge in [-0.1, -0.05) is 0 Å². The zero-order valence-corrected chi connectivity index (χ0v) is 11.6. The molecule has 0 aromatic heterocycles. The number of carbonyl (C=O) groups excluding carboxylic acids is 1. The Labute approximate surface area is 112 Å². The Morgan fingerprint density at radius 1 is 1.37 bits per heavy atom. The van der Waals surface area contributed by atoms with Crippen molar-refractivity contribution in [2.45, 2.75) is 18.1 Å². The van der Waals surface area contributed by atoms with Crippen LogP contribution in [0.3, 0.4) is 0 Å². The first-order chi connectivity index (χ1) is 8.86. The molecule has 1 aromatic rings. The highest BCUT2D eigenvalue weighted by molar-refractivity contribution is 5.96. The molecule has 2 unspecified atom stereocenters. The molecule has 2 aliphatic heterocycles. The van der Waals surface area contributed by atoms with Crippen molar-refractivity contribution >= 4 is 11.6 Å². The number of amides is 1. The summed E-state index contributed by atoms with van der Waals surface area (Å²) in [4.78, 5) is 15.6. The number of fused-ring (bicyclic) bond motifs is 3. The van der Waals surface area contributed by atoms with E-state index in [-0.39, 0.29) is 5.91 Å². The van der Waals surface area contributed by atoms with E-state index >= 15 is 0 Å². The van der Waals surface area contributed by atoms with E-state index in [4.69, 9.17) is 4.74 Å². The molecule has 1 amide bonds. The van der Waals surface area contributed by atoms with Crippen LogP contribution in [0.1, 0.15) is 12.5 Å². The molecule has 1 N–H and O–H groups in total. The first-order valence-electron chi connectivity index (χ1n) is 6.26. The van der Waals surface area contributed by atoms with Crippen LogP contribution >= 0.6 is 0 Å². The van der Waals surface area contributed by atoms with Gasteiger partial charge in [-0.25, -0.2) is 0 Å². The zero-order valence-electron chi connectivity index (χ0n) is 11.6. The average molecular weight is 262 g/mol. The van der Waals surface area contributed by atoms with Crippen LogP contribution in [0.5, 0.6) is 5.75 Å². The van der Waals surface area contributed by atoms with Gasteiger partial charge in [0.2, 0.25) is 5.72 Å². The highest BCUT2D eigenvalue weighted by Gasteiger charge is 2.68. The van der Waals surface area contributed by atoms with Gasteiger partial charge in [-0.2, -0.15) is 0 Å². The van der Waals surface area contributed by atoms with Crippen molar-refractivity contribution in [3.63, 3.8) is 0 Å². The predicted octanol–water partition coefficient (Wildman–Crippen LogP) is 0.563. The van der Waals surface area contributed by atoms with Gasteiger partial charge in [0.25, 0.3) is 5.91 Å². The summed E-state index contributed by atoms with van der Waals surface area (Å²) in [6.45, 7) is 2.42. The van der Waals surface area contributed by atoms with E-state index < -0.39 is 11.1 Å². The van der Waals surface area contributed by atoms with E-state index in [1.807, 2.05) is 25.1 Å². The lowest BCUT2D eigenvalue weighted by atomic mass is 9.78. The Bertz CT molecular complexity index is 574. The molecule has 0 saturated carbocycles. The molecule has 5 heteroatoms. The first-order valence-corrected chi connectivity index (χ1v) is 6.26. The lowest BCUT2D eigenvalue weighted by Crippen LogP contribution is -2.58. The predicted molar refractivity (Wildman–Crippen MR) is 71.3 cm³/mol. The third-order valence-electron chi connectivity index (χ3n) is 4.61. The highest BCUT2D eigenvalue weighted by atomic mass is 16.5. The van der Waals surface area contributed by atoms with Crippen molar-refractivity contribution in [1.29, 1.82) is 0 Å². The fourth-order valence-corrected chi connectivity index (χ4v) is 3.50. The van der Waals surface area contributed by atoms with Gasteiger partial charge in [0.15, 0.2) is 0 Å². The maximum absolute atomic E-state index is 12.4. The molecule has 2 heterocycles. The molecular formula is C14H18N2O3. The van der Waals surface area contributed by atoms with Crippen LogP contribution in [0.25, 0.3) is 0 Å². The molecule has 1 fully saturated rings. The van der Waals surface area contributed by atoms with E-state index in [1.54, 1.807) is 31.0 Å². The molecule has 19 heavy (non-hydrogen) atoms. The number of hydrogen-bond acceptors (Lipinski definition) is 4. The molecule has 0 radical (unpaired) electrons. The standard InChI is InChI=1S/C14H18N2O3/c1-13-8-15(2)12(17)14(13,18)16(3)11-6-5-9(19-4)7-10(11)13/h5-7,18H,8H2,1-4H3. The molecule has 2 atom stereocenters. The summed E-state index contributed by atoms with van der Waals surface area (Å²) in [5.74, 6) is 0.479. The monoisotopic (exact) mass is 262 g/mol. The topological polar surface area (TPSA) is 53.0 Å². The summed E-state index contributed by atoms with van der Waals surface area (Å²) >= 11 is 0. The van der Waals surface area contributed by atoms with Crippen LogP contribution in [0.15, 0.2) is 18.2 Å². The summed E-state index contributed by atoms with van der Waals surface area (Å²) in [5.41, 5.74) is -0.310. The lowest BCUT2D eigenvalue weighted by Gasteiger charge is -2.34. The average Bonchev–Trinajstić information content (AvgIpc) is 2.69. The minimum atomic E-state index is -1.50. The Morgan fingerprint density at radius 2 is 2.05 bits per heavy atom. The van der Waals surface area contributed by atoms with Gasteiger partial charge < -0.3 is 19.6 Å². The van der Waals surface area contributed by atoms with Gasteiger partial charge >= 0.3 is 0 Å². The summed E-state index contributed by atoms with van der Waals surface area (Å²) in [7, 11) is 5.09. The van der Waals surface area contributed by atoms with Crippen LogP contribution in [0, 0.1) is 0 Å². The number of methoxy groups -OCH3 is 1. The molecule has 3 rings (SSSR count). The Morgan fingerprint density at radius 3 is 2.68 bits per heavy atom. The fraction of sp³-hybridized carbons (Fsp3) is 0.500. The van der Waals surface area contributed by atoms with Crippen LogP contribution in [-0.2, 0) is 10.2 Å². The molecule has 0 aliphatic carbocycles. The van der Waals surface area contributed by atoms with E-state index in [0.29, 0.717) is 6.54 Å². The third-order valence-corrected chi connectivity index (χ3v) is 4.61. The quantitative estimate of drug-likeness (QED) is 0.803. The highest BCUT2D eigenvalue weighted by Crippen LogP contribution is 2.54. The second-order valence-corrected chi connectivity index (χ2v) is 5.61. The van der Waals surface area contributed by atoms with E-state index in [0.717, 1.165) is 17.0 Å². The number of rotatable bonds is 1. The number of hydrogen-bond donors (Lipinski definition) is 1. The van der Waals surface area contributed by atoms with Crippen LogP contribution < -0.4 is 9.64 Å². The second-order valence-electron chi connectivity index (χ2n) is 5.61. The number of likely N-dealkylation sites (tertiary alicyclic amines) is 1. The molecule has 0 spiro atoms. The van der Waals surface area contributed by atoms with Gasteiger partial charge in [0, 0.05) is 26.3 Å². The molecule has 1 saturated heterocycles. The normalized spacial score (nSPS) is 32.6. The maximum Gasteiger partial charge on any atom is 0.276 e. The van der Waals surface area contributed by atoms with Gasteiger partial charge in [0.05, 0.1) is 12.5 Å². The van der Waals surface area contributed by atoms with E-state index in [9.17, 15) is 9.90 Å². The van der Waals surface area contributed by atoms with Crippen LogP contribution in [-0.4, -0.2) is 49.4 Å². The number of aliphatic hydroxyl groups is 1. The van der Waals surface area contributed by atoms with Crippen LogP contribution in [0.2, 0.25) is 0 Å². The van der Waals surface area contributed by atoms with Gasteiger partial charge in [-0.05, 0) is 30.7 Å². The molecule has 1 aromatic carbocycles. The first kappa shape index (κ1) is 12.3. The van der Waals surface area contributed by atoms with Crippen molar-refractivity contribution in [3.8, 4) is 5.75 Å². The van der Waals surface area contributed by atoms with E-state index in [1.165, 1.54) is 0 Å². The summed E-state index contributed by atoms with van der Waals surface area (Å²) in [5, 5.41) is 11.0. The number of nitrogens with zero attached hydrogens (tertiary/aromatic N) is 2. The van der Waals surface area contributed by atoms with Gasteiger partial charge in [-0.15, -0.1) is 0 Å². The number of anilines is 1. The van der Waals surface area contributed by atoms with Crippen molar-refractivity contribution in [2.75, 3.05) is 32.6 Å². The maximum atomic E-state index is 12.4. The zero-order chi connectivity index (χ0) is 14.0. The second kappa shape index (κ2) is 3.42. The third kappa shape index (κ3) is 1.16. The van der Waals surface area contributed by atoms with Crippen LogP contribution in [0.4, 0.5) is 5.69 Å². The molecule has 0 bridgehead atoms. The van der Waals surface area contributed by atoms with Crippen molar-refractivity contribution in [1.82, 2.24) is 4.90 Å². The van der Waals surface area contributed by atoms with Crippen molar-refractivity contribution < 1.29 is 14.6 Å². The van der Waals surface area contributed by atoms with E-state index in [2.05, 4.69) is 0 Å². The minimum absolute atomic E-state index is 0.257. The van der Waals surface area contributed by atoms with Gasteiger partial charge in [-0.3, -0.25) is 4.79 Å². The fourth-order valence-electron chi connectivity index (χ4n) is 3.50. The number of ether oxygens (including phenoxy) is 1. The summed E-state index contributed by atoms with van der Waals surface area (Å²) < 4.78 is 5.26. The molecule has 102 valence electrons. The van der Waals surface area contributed by atoms with Crippen molar-refractivity contribution in [2.24, 2.45) is 0 Å². The largest absolute Gasteiger partial charge is 0.497 e. The Hall–Kier alpha value is -1.75. The smallest absolute Gasteiger partial charge is 0.276 e. The molecular weight excluding hydrogens is 244 g/mol. The minimum Gasteiger partial charge on any atom is -0.497 e. The lowest BCUT2D eigenvalue weighted by molar-refractivity contribution is -0.144. The number of likely N-dealkylation sites (N-methyl/N-ethyl adjacent to an activating group) is 2. The molecule has 5 nitrogen and oxygen atoms in total. The number of benzene rings is 1. The SMILES string of the molecule is COc1ccc2c(c1)C1(C)CN(C)C(=O)C1(O)N2C.